The van der Waals surface area contributed by atoms with E-state index in [1.807, 2.05) is 19.1 Å². The minimum Gasteiger partial charge on any atom is -0.395 e. The highest BCUT2D eigenvalue weighted by atomic mass is 79.9. The Kier molecular flexibility index (Phi) is 4.19. The van der Waals surface area contributed by atoms with Gasteiger partial charge in [-0.1, -0.05) is 6.92 Å². The molecule has 1 atom stereocenters. The summed E-state index contributed by atoms with van der Waals surface area (Å²) >= 11 is 3.62. The molecule has 1 amide bonds. The van der Waals surface area contributed by atoms with Crippen LogP contribution in [0.4, 0.5) is 11.4 Å². The molecule has 5 nitrogen and oxygen atoms in total. The van der Waals surface area contributed by atoms with Crippen LogP contribution in [0.25, 0.3) is 0 Å². The van der Waals surface area contributed by atoms with Gasteiger partial charge in [-0.05, 0) is 47.4 Å². The second-order valence-corrected chi connectivity index (χ2v) is 6.37. The van der Waals surface area contributed by atoms with Crippen molar-refractivity contribution in [1.82, 2.24) is 5.32 Å². The predicted octanol–water partition coefficient (Wildman–Crippen LogP) is 2.01. The molecule has 1 saturated carbocycles. The average molecular weight is 354 g/mol. The lowest BCUT2D eigenvalue weighted by Gasteiger charge is -2.26. The third-order valence-electron chi connectivity index (χ3n) is 4.00. The van der Waals surface area contributed by atoms with Gasteiger partial charge >= 0.3 is 0 Å². The Hall–Kier alpha value is -1.11. The number of aliphatic hydroxyl groups is 1. The first-order valence-electron chi connectivity index (χ1n) is 7.41. The molecule has 1 heterocycles. The minimum absolute atomic E-state index is 0.00368. The Labute approximate surface area is 132 Å². The predicted molar refractivity (Wildman–Crippen MR) is 86.6 cm³/mol. The van der Waals surface area contributed by atoms with E-state index in [4.69, 9.17) is 0 Å². The third kappa shape index (κ3) is 2.80. The summed E-state index contributed by atoms with van der Waals surface area (Å²) in [5.74, 6) is -0.00368. The fraction of sp³-hybridized carbons (Fsp3) is 0.533. The van der Waals surface area contributed by atoms with Gasteiger partial charge in [-0.25, -0.2) is 0 Å². The molecule has 1 unspecified atom stereocenters. The normalized spacial score (nSPS) is 20.3. The van der Waals surface area contributed by atoms with Crippen LogP contribution < -0.4 is 15.5 Å². The van der Waals surface area contributed by atoms with Gasteiger partial charge < -0.3 is 20.6 Å². The van der Waals surface area contributed by atoms with E-state index in [-0.39, 0.29) is 18.6 Å². The lowest BCUT2D eigenvalue weighted by Crippen LogP contribution is -2.29. The Morgan fingerprint density at radius 2 is 2.24 bits per heavy atom. The zero-order chi connectivity index (χ0) is 15.0. The molecule has 1 aliphatic carbocycles. The number of hydrogen-bond donors (Lipinski definition) is 3. The minimum atomic E-state index is -0.275. The second-order valence-electron chi connectivity index (χ2n) is 5.52. The second kappa shape index (κ2) is 5.94. The third-order valence-corrected chi connectivity index (χ3v) is 4.63. The van der Waals surface area contributed by atoms with Crippen LogP contribution in [-0.4, -0.2) is 36.8 Å². The topological polar surface area (TPSA) is 64.6 Å². The first kappa shape index (κ1) is 14.8. The summed E-state index contributed by atoms with van der Waals surface area (Å²) < 4.78 is 0.973. The van der Waals surface area contributed by atoms with Crippen molar-refractivity contribution < 1.29 is 9.90 Å². The maximum atomic E-state index is 12.0. The maximum Gasteiger partial charge on any atom is 0.246 e. The number of fused-ring (bicyclic) bond motifs is 1. The number of rotatable bonds is 6. The number of likely N-dealkylation sites (N-methyl/N-ethyl adjacent to an activating group) is 1. The van der Waals surface area contributed by atoms with Crippen molar-refractivity contribution in [1.29, 1.82) is 0 Å². The van der Waals surface area contributed by atoms with Crippen molar-refractivity contribution in [3.63, 3.8) is 0 Å². The lowest BCUT2D eigenvalue weighted by atomic mass is 10.1. The lowest BCUT2D eigenvalue weighted by molar-refractivity contribution is -0.117. The van der Waals surface area contributed by atoms with E-state index in [1.165, 1.54) is 0 Å². The summed E-state index contributed by atoms with van der Waals surface area (Å²) in [6, 6.07) is 4.27. The van der Waals surface area contributed by atoms with E-state index in [0.29, 0.717) is 12.6 Å². The van der Waals surface area contributed by atoms with Crippen LogP contribution in [0.1, 0.15) is 31.4 Å². The van der Waals surface area contributed by atoms with Gasteiger partial charge in [0, 0.05) is 28.3 Å². The summed E-state index contributed by atoms with van der Waals surface area (Å²) in [6.07, 6.45) is 2.33. The fourth-order valence-corrected chi connectivity index (χ4v) is 3.48. The van der Waals surface area contributed by atoms with Gasteiger partial charge in [-0.15, -0.1) is 0 Å². The molecule has 1 aromatic carbocycles. The van der Waals surface area contributed by atoms with E-state index in [0.717, 1.165) is 40.8 Å². The number of nitrogens with one attached hydrogen (secondary N) is 2. The standard InChI is InChI=1S/C15H20BrN3O2/c1-2-17-14-10-7-11(16)13(8-12(10)18-15(14)21)19(5-6-20)9-3-4-9/h7-9,14,17,20H,2-6H2,1H3,(H,18,21). The zero-order valence-electron chi connectivity index (χ0n) is 12.0. The van der Waals surface area contributed by atoms with E-state index in [9.17, 15) is 9.90 Å². The fourth-order valence-electron chi connectivity index (χ4n) is 2.89. The molecule has 0 aromatic heterocycles. The highest BCUT2D eigenvalue weighted by Gasteiger charge is 2.34. The molecule has 3 N–H and O–H groups in total. The maximum absolute atomic E-state index is 12.0. The number of halogens is 1. The van der Waals surface area contributed by atoms with Gasteiger partial charge in [0.05, 0.1) is 12.3 Å². The van der Waals surface area contributed by atoms with Gasteiger partial charge in [-0.2, -0.15) is 0 Å². The highest BCUT2D eigenvalue weighted by Crippen LogP contribution is 2.42. The van der Waals surface area contributed by atoms with Crippen molar-refractivity contribution >= 4 is 33.2 Å². The Morgan fingerprint density at radius 3 is 2.86 bits per heavy atom. The Morgan fingerprint density at radius 1 is 1.48 bits per heavy atom. The molecule has 114 valence electrons. The van der Waals surface area contributed by atoms with Gasteiger partial charge in [0.2, 0.25) is 5.91 Å². The molecule has 1 aromatic rings. The van der Waals surface area contributed by atoms with Crippen LogP contribution in [0.2, 0.25) is 0 Å². The van der Waals surface area contributed by atoms with Gasteiger partial charge in [-0.3, -0.25) is 4.79 Å². The Bertz CT molecular complexity index is 560. The first-order chi connectivity index (χ1) is 10.2. The summed E-state index contributed by atoms with van der Waals surface area (Å²) in [7, 11) is 0. The molecule has 0 spiro atoms. The molecule has 0 saturated heterocycles. The van der Waals surface area contributed by atoms with Crippen molar-refractivity contribution in [2.75, 3.05) is 29.9 Å². The number of benzene rings is 1. The summed E-state index contributed by atoms with van der Waals surface area (Å²) in [6.45, 7) is 3.49. The van der Waals surface area contributed by atoms with E-state index < -0.39 is 0 Å². The van der Waals surface area contributed by atoms with Gasteiger partial charge in [0.25, 0.3) is 0 Å². The number of hydrogen-bond acceptors (Lipinski definition) is 4. The van der Waals surface area contributed by atoms with Gasteiger partial charge in [0.1, 0.15) is 6.04 Å². The molecule has 2 aliphatic rings. The zero-order valence-corrected chi connectivity index (χ0v) is 13.6. The van der Waals surface area contributed by atoms with Crippen molar-refractivity contribution in [2.45, 2.75) is 31.8 Å². The van der Waals surface area contributed by atoms with E-state index >= 15 is 0 Å². The molecule has 1 aliphatic heterocycles. The monoisotopic (exact) mass is 353 g/mol. The van der Waals surface area contributed by atoms with Crippen LogP contribution in [-0.2, 0) is 4.79 Å². The average Bonchev–Trinajstić information content (AvgIpc) is 3.24. The number of carbonyl (C=O) groups excluding carboxylic acids is 1. The number of aliphatic hydroxyl groups excluding tert-OH is 1. The van der Waals surface area contributed by atoms with Crippen molar-refractivity contribution in [2.24, 2.45) is 0 Å². The first-order valence-corrected chi connectivity index (χ1v) is 8.20. The van der Waals surface area contributed by atoms with Crippen LogP contribution in [0.5, 0.6) is 0 Å². The molecule has 0 radical (unpaired) electrons. The summed E-state index contributed by atoms with van der Waals surface area (Å²) in [5, 5.41) is 15.4. The van der Waals surface area contributed by atoms with Crippen LogP contribution in [0.3, 0.4) is 0 Å². The van der Waals surface area contributed by atoms with Crippen LogP contribution in [0.15, 0.2) is 16.6 Å². The summed E-state index contributed by atoms with van der Waals surface area (Å²) in [4.78, 5) is 14.3. The SMILES string of the molecule is CCNC1C(=O)Nc2cc(N(CCO)C3CC3)c(Br)cc21. The van der Waals surface area contributed by atoms with E-state index in [2.05, 4.69) is 31.5 Å². The number of carbonyl (C=O) groups is 1. The number of nitrogens with zero attached hydrogens (tertiary/aromatic N) is 1. The number of anilines is 2. The van der Waals surface area contributed by atoms with Crippen LogP contribution >= 0.6 is 15.9 Å². The quantitative estimate of drug-likeness (QED) is 0.731. The molecule has 1 fully saturated rings. The number of amides is 1. The Balaban J connectivity index is 1.95. The molecule has 3 rings (SSSR count). The van der Waals surface area contributed by atoms with Crippen molar-refractivity contribution in [3.8, 4) is 0 Å². The van der Waals surface area contributed by atoms with E-state index in [1.54, 1.807) is 0 Å². The summed E-state index contributed by atoms with van der Waals surface area (Å²) in [5.41, 5.74) is 2.90. The largest absolute Gasteiger partial charge is 0.395 e. The van der Waals surface area contributed by atoms with Crippen LogP contribution in [0, 0.1) is 0 Å². The molecular weight excluding hydrogens is 334 g/mol. The molecule has 21 heavy (non-hydrogen) atoms. The van der Waals surface area contributed by atoms with Gasteiger partial charge in [0.15, 0.2) is 0 Å². The molecular formula is C15H20BrN3O2. The smallest absolute Gasteiger partial charge is 0.246 e. The highest BCUT2D eigenvalue weighted by molar-refractivity contribution is 9.10. The molecule has 6 heteroatoms. The van der Waals surface area contributed by atoms with Crippen molar-refractivity contribution in [3.05, 3.63) is 22.2 Å². The molecule has 0 bridgehead atoms.